The van der Waals surface area contributed by atoms with Gasteiger partial charge >= 0.3 is 0 Å². The number of halogens is 2. The van der Waals surface area contributed by atoms with Gasteiger partial charge in [-0.1, -0.05) is 11.6 Å². The van der Waals surface area contributed by atoms with E-state index in [2.05, 4.69) is 4.98 Å². The Morgan fingerprint density at radius 2 is 2.20 bits per heavy atom. The molecule has 1 aromatic carbocycles. The molecule has 15 heavy (non-hydrogen) atoms. The van der Waals surface area contributed by atoms with Crippen molar-refractivity contribution in [3.63, 3.8) is 0 Å². The fourth-order valence-corrected chi connectivity index (χ4v) is 1.60. The molecule has 0 aliphatic heterocycles. The van der Waals surface area contributed by atoms with Crippen molar-refractivity contribution in [3.05, 3.63) is 47.3 Å². The summed E-state index contributed by atoms with van der Waals surface area (Å²) in [5, 5.41) is 0.349. The Bertz CT molecular complexity index is 461. The maximum absolute atomic E-state index is 13.1. The highest BCUT2D eigenvalue weighted by Gasteiger charge is 2.05. The summed E-state index contributed by atoms with van der Waals surface area (Å²) in [7, 11) is 0. The topological polar surface area (TPSA) is 43.8 Å². The minimum atomic E-state index is -0.380. The highest BCUT2D eigenvalue weighted by Crippen LogP contribution is 2.18. The monoisotopic (exact) mass is 225 g/mol. The summed E-state index contributed by atoms with van der Waals surface area (Å²) in [5.41, 5.74) is 6.95. The maximum Gasteiger partial charge on any atom is 0.126 e. The second kappa shape index (κ2) is 4.00. The van der Waals surface area contributed by atoms with Crippen LogP contribution in [0.3, 0.4) is 0 Å². The minimum Gasteiger partial charge on any atom is -0.325 e. The summed E-state index contributed by atoms with van der Waals surface area (Å²) < 4.78 is 14.8. The molecule has 0 aliphatic carbocycles. The van der Waals surface area contributed by atoms with Crippen LogP contribution >= 0.6 is 11.6 Å². The van der Waals surface area contributed by atoms with E-state index >= 15 is 0 Å². The minimum absolute atomic E-state index is 0.341. The standard InChI is InChI=1S/C10H9ClFN3/c11-7-1-8(12)3-9(2-7)15-6-14-5-10(15)4-13/h1-3,5-6H,4,13H2. The number of aromatic nitrogens is 2. The van der Waals surface area contributed by atoms with Crippen molar-refractivity contribution in [2.75, 3.05) is 0 Å². The van der Waals surface area contributed by atoms with E-state index in [1.807, 2.05) is 0 Å². The molecule has 0 bridgehead atoms. The van der Waals surface area contributed by atoms with Crippen LogP contribution in [-0.2, 0) is 6.54 Å². The molecule has 0 radical (unpaired) electrons. The van der Waals surface area contributed by atoms with E-state index in [-0.39, 0.29) is 5.82 Å². The van der Waals surface area contributed by atoms with Crippen molar-refractivity contribution in [3.8, 4) is 5.69 Å². The van der Waals surface area contributed by atoms with Gasteiger partial charge in [0.25, 0.3) is 0 Å². The highest BCUT2D eigenvalue weighted by atomic mass is 35.5. The molecule has 0 saturated heterocycles. The van der Waals surface area contributed by atoms with Gasteiger partial charge in [-0.3, -0.25) is 0 Å². The second-order valence-corrected chi connectivity index (χ2v) is 3.52. The number of nitrogens with two attached hydrogens (primary N) is 1. The van der Waals surface area contributed by atoms with E-state index in [1.165, 1.54) is 12.1 Å². The van der Waals surface area contributed by atoms with Crippen molar-refractivity contribution in [2.45, 2.75) is 6.54 Å². The van der Waals surface area contributed by atoms with Crippen LogP contribution in [0.5, 0.6) is 0 Å². The van der Waals surface area contributed by atoms with E-state index in [1.54, 1.807) is 23.2 Å². The Kier molecular flexibility index (Phi) is 2.70. The Hall–Kier alpha value is -1.39. The molecule has 78 valence electrons. The van der Waals surface area contributed by atoms with E-state index in [0.29, 0.717) is 17.3 Å². The first kappa shape index (κ1) is 10.1. The Balaban J connectivity index is 2.53. The van der Waals surface area contributed by atoms with Crippen molar-refractivity contribution < 1.29 is 4.39 Å². The average Bonchev–Trinajstić information content (AvgIpc) is 2.63. The van der Waals surface area contributed by atoms with Gasteiger partial charge in [0.2, 0.25) is 0 Å². The van der Waals surface area contributed by atoms with E-state index < -0.39 is 0 Å². The molecule has 2 N–H and O–H groups in total. The van der Waals surface area contributed by atoms with Crippen LogP contribution in [0.2, 0.25) is 5.02 Å². The molecular weight excluding hydrogens is 217 g/mol. The molecule has 2 aromatic rings. The molecule has 0 aliphatic rings. The normalized spacial score (nSPS) is 10.6. The first-order valence-electron chi connectivity index (χ1n) is 4.38. The Morgan fingerprint density at radius 3 is 2.87 bits per heavy atom. The van der Waals surface area contributed by atoms with Crippen LogP contribution in [0.4, 0.5) is 4.39 Å². The van der Waals surface area contributed by atoms with Crippen molar-refractivity contribution in [2.24, 2.45) is 5.73 Å². The number of rotatable bonds is 2. The van der Waals surface area contributed by atoms with Gasteiger partial charge in [-0.05, 0) is 18.2 Å². The van der Waals surface area contributed by atoms with Crippen LogP contribution in [0.25, 0.3) is 5.69 Å². The summed E-state index contributed by atoms with van der Waals surface area (Å²) in [5.74, 6) is -0.380. The molecule has 1 aromatic heterocycles. The van der Waals surface area contributed by atoms with Crippen LogP contribution in [0.15, 0.2) is 30.7 Å². The molecular formula is C10H9ClFN3. The number of nitrogens with zero attached hydrogens (tertiary/aromatic N) is 2. The molecule has 0 amide bonds. The van der Waals surface area contributed by atoms with Gasteiger partial charge in [-0.25, -0.2) is 9.37 Å². The molecule has 0 unspecified atom stereocenters. The van der Waals surface area contributed by atoms with Crippen molar-refractivity contribution in [1.82, 2.24) is 9.55 Å². The van der Waals surface area contributed by atoms with E-state index in [9.17, 15) is 4.39 Å². The Labute approximate surface area is 91.3 Å². The molecule has 0 fully saturated rings. The molecule has 0 atom stereocenters. The van der Waals surface area contributed by atoms with Gasteiger partial charge in [0.05, 0.1) is 17.7 Å². The van der Waals surface area contributed by atoms with Gasteiger partial charge in [-0.2, -0.15) is 0 Å². The first-order valence-corrected chi connectivity index (χ1v) is 4.76. The van der Waals surface area contributed by atoms with Gasteiger partial charge in [0, 0.05) is 17.8 Å². The van der Waals surface area contributed by atoms with Crippen LogP contribution < -0.4 is 5.73 Å². The largest absolute Gasteiger partial charge is 0.325 e. The predicted molar refractivity (Wildman–Crippen MR) is 56.4 cm³/mol. The van der Waals surface area contributed by atoms with Crippen LogP contribution in [0, 0.1) is 5.82 Å². The zero-order chi connectivity index (χ0) is 10.8. The second-order valence-electron chi connectivity index (χ2n) is 3.09. The van der Waals surface area contributed by atoms with Gasteiger partial charge in [0.1, 0.15) is 5.82 Å². The molecule has 3 nitrogen and oxygen atoms in total. The summed E-state index contributed by atoms with van der Waals surface area (Å²) in [6, 6.07) is 4.29. The predicted octanol–water partition coefficient (Wildman–Crippen LogP) is 2.12. The lowest BCUT2D eigenvalue weighted by molar-refractivity contribution is 0.626. The van der Waals surface area contributed by atoms with Gasteiger partial charge in [0.15, 0.2) is 0 Å². The highest BCUT2D eigenvalue weighted by molar-refractivity contribution is 6.30. The molecule has 2 rings (SSSR count). The smallest absolute Gasteiger partial charge is 0.126 e. The molecule has 0 saturated carbocycles. The summed E-state index contributed by atoms with van der Waals surface area (Å²) in [4.78, 5) is 3.95. The number of benzene rings is 1. The number of imidazole rings is 1. The van der Waals surface area contributed by atoms with Crippen molar-refractivity contribution >= 4 is 11.6 Å². The molecule has 0 spiro atoms. The third-order valence-electron chi connectivity index (χ3n) is 2.05. The fraction of sp³-hybridized carbons (Fsp3) is 0.100. The third kappa shape index (κ3) is 2.00. The fourth-order valence-electron chi connectivity index (χ4n) is 1.38. The van der Waals surface area contributed by atoms with Gasteiger partial charge in [-0.15, -0.1) is 0 Å². The van der Waals surface area contributed by atoms with Gasteiger partial charge < -0.3 is 10.3 Å². The lowest BCUT2D eigenvalue weighted by Crippen LogP contribution is -2.04. The lowest BCUT2D eigenvalue weighted by Gasteiger charge is -2.06. The SMILES string of the molecule is NCc1cncn1-c1cc(F)cc(Cl)c1. The average molecular weight is 226 g/mol. The summed E-state index contributed by atoms with van der Waals surface area (Å²) >= 11 is 5.76. The van der Waals surface area contributed by atoms with E-state index in [4.69, 9.17) is 17.3 Å². The van der Waals surface area contributed by atoms with Crippen molar-refractivity contribution in [1.29, 1.82) is 0 Å². The first-order chi connectivity index (χ1) is 7.20. The summed E-state index contributed by atoms with van der Waals surface area (Å²) in [6.45, 7) is 0.341. The van der Waals surface area contributed by atoms with Crippen LogP contribution in [-0.4, -0.2) is 9.55 Å². The lowest BCUT2D eigenvalue weighted by atomic mass is 10.3. The molecule has 5 heteroatoms. The summed E-state index contributed by atoms with van der Waals surface area (Å²) in [6.07, 6.45) is 3.21. The Morgan fingerprint density at radius 1 is 1.40 bits per heavy atom. The number of hydrogen-bond donors (Lipinski definition) is 1. The van der Waals surface area contributed by atoms with E-state index in [0.717, 1.165) is 5.69 Å². The zero-order valence-corrected chi connectivity index (χ0v) is 8.58. The quantitative estimate of drug-likeness (QED) is 0.851. The number of hydrogen-bond acceptors (Lipinski definition) is 2. The van der Waals surface area contributed by atoms with Crippen LogP contribution in [0.1, 0.15) is 5.69 Å². The zero-order valence-electron chi connectivity index (χ0n) is 7.82. The maximum atomic E-state index is 13.1. The molecule has 1 heterocycles. The third-order valence-corrected chi connectivity index (χ3v) is 2.27.